The van der Waals surface area contributed by atoms with Gasteiger partial charge in [-0.25, -0.2) is 14.3 Å². The van der Waals surface area contributed by atoms with Crippen LogP contribution in [0.2, 0.25) is 0 Å². The van der Waals surface area contributed by atoms with Gasteiger partial charge in [0.1, 0.15) is 6.73 Å². The van der Waals surface area contributed by atoms with Crippen LogP contribution in [-0.2, 0) is 24.1 Å². The Hall–Kier alpha value is -2.84. The van der Waals surface area contributed by atoms with Gasteiger partial charge in [0.15, 0.2) is 5.41 Å². The van der Waals surface area contributed by atoms with Crippen LogP contribution in [0.4, 0.5) is 4.79 Å². The first kappa shape index (κ1) is 18.9. The Kier molecular flexibility index (Phi) is 4.95. The molecule has 2 aromatic rings. The quantitative estimate of drug-likeness (QED) is 0.515. The number of carbonyl (C=O) groups is 3. The third-order valence-electron chi connectivity index (χ3n) is 4.14. The zero-order valence-electron chi connectivity index (χ0n) is 13.8. The van der Waals surface area contributed by atoms with Crippen molar-refractivity contribution in [1.82, 2.24) is 10.2 Å². The van der Waals surface area contributed by atoms with Crippen molar-refractivity contribution in [2.45, 2.75) is 5.41 Å². The monoisotopic (exact) mass is 390 g/mol. The molecule has 10 heteroatoms. The van der Waals surface area contributed by atoms with Gasteiger partial charge in [-0.2, -0.15) is 0 Å². The van der Waals surface area contributed by atoms with Gasteiger partial charge < -0.3 is 9.79 Å². The second-order valence-corrected chi connectivity index (χ2v) is 6.96. The molecule has 3 rings (SSSR count). The number of phosphoric acid groups is 1. The SMILES string of the molecule is O=C1NC(=O)C(c2ccccc2)(c2ccccc2)C(=O)N1COP(=O)(O)O. The van der Waals surface area contributed by atoms with E-state index in [1.165, 1.54) is 0 Å². The Morgan fingerprint density at radius 2 is 1.41 bits per heavy atom. The lowest BCUT2D eigenvalue weighted by atomic mass is 9.71. The number of nitrogens with zero attached hydrogens (tertiary/aromatic N) is 1. The summed E-state index contributed by atoms with van der Waals surface area (Å²) in [5, 5.41) is 2.08. The molecular weight excluding hydrogens is 375 g/mol. The van der Waals surface area contributed by atoms with Crippen molar-refractivity contribution in [2.75, 3.05) is 6.73 Å². The molecule has 0 saturated carbocycles. The van der Waals surface area contributed by atoms with Crippen molar-refractivity contribution in [1.29, 1.82) is 0 Å². The lowest BCUT2D eigenvalue weighted by Gasteiger charge is -2.39. The van der Waals surface area contributed by atoms with Crippen molar-refractivity contribution < 1.29 is 33.3 Å². The molecule has 0 atom stereocenters. The summed E-state index contributed by atoms with van der Waals surface area (Å²) in [6.45, 7) is -1.01. The third-order valence-corrected chi connectivity index (χ3v) is 4.59. The minimum absolute atomic E-state index is 0.298. The number of barbiturate groups is 1. The number of amides is 4. The van der Waals surface area contributed by atoms with E-state index in [1.54, 1.807) is 60.7 Å². The molecule has 0 spiro atoms. The van der Waals surface area contributed by atoms with Crippen molar-refractivity contribution in [3.05, 3.63) is 71.8 Å². The van der Waals surface area contributed by atoms with E-state index in [0.29, 0.717) is 16.0 Å². The number of phosphoric ester groups is 1. The topological polar surface area (TPSA) is 133 Å². The minimum atomic E-state index is -4.95. The van der Waals surface area contributed by atoms with Gasteiger partial charge in [-0.05, 0) is 11.1 Å². The number of nitrogens with one attached hydrogen (secondary N) is 1. The van der Waals surface area contributed by atoms with Crippen LogP contribution in [0, 0.1) is 0 Å². The lowest BCUT2D eigenvalue weighted by molar-refractivity contribution is -0.145. The molecule has 0 radical (unpaired) electrons. The smallest absolute Gasteiger partial charge is 0.303 e. The molecule has 1 aliphatic heterocycles. The molecule has 1 saturated heterocycles. The largest absolute Gasteiger partial charge is 0.471 e. The summed E-state index contributed by atoms with van der Waals surface area (Å²) in [5.41, 5.74) is -1.31. The number of hydrogen-bond acceptors (Lipinski definition) is 5. The van der Waals surface area contributed by atoms with Gasteiger partial charge in [-0.3, -0.25) is 19.4 Å². The molecule has 0 aromatic heterocycles. The number of rotatable bonds is 5. The van der Waals surface area contributed by atoms with Crippen LogP contribution in [0.25, 0.3) is 0 Å². The van der Waals surface area contributed by atoms with Crippen LogP contribution >= 0.6 is 7.82 Å². The average Bonchev–Trinajstić information content (AvgIpc) is 2.62. The Labute approximate surface area is 153 Å². The molecule has 3 N–H and O–H groups in total. The minimum Gasteiger partial charge on any atom is -0.303 e. The van der Waals surface area contributed by atoms with E-state index in [9.17, 15) is 18.9 Å². The molecule has 140 valence electrons. The zero-order valence-corrected chi connectivity index (χ0v) is 14.7. The predicted molar refractivity (Wildman–Crippen MR) is 92.0 cm³/mol. The maximum absolute atomic E-state index is 13.3. The summed E-state index contributed by atoms with van der Waals surface area (Å²) in [5.74, 6) is -1.83. The highest BCUT2D eigenvalue weighted by Crippen LogP contribution is 2.39. The molecule has 1 aliphatic rings. The maximum Gasteiger partial charge on any atom is 0.471 e. The fourth-order valence-corrected chi connectivity index (χ4v) is 3.22. The second-order valence-electron chi connectivity index (χ2n) is 5.72. The fourth-order valence-electron chi connectivity index (χ4n) is 2.95. The Morgan fingerprint density at radius 3 is 1.85 bits per heavy atom. The van der Waals surface area contributed by atoms with E-state index in [2.05, 4.69) is 9.84 Å². The fraction of sp³-hybridized carbons (Fsp3) is 0.118. The van der Waals surface area contributed by atoms with E-state index in [0.717, 1.165) is 0 Å². The average molecular weight is 390 g/mol. The third kappa shape index (κ3) is 3.41. The van der Waals surface area contributed by atoms with Gasteiger partial charge in [0.25, 0.3) is 11.8 Å². The summed E-state index contributed by atoms with van der Waals surface area (Å²) in [4.78, 5) is 56.6. The molecule has 9 nitrogen and oxygen atoms in total. The van der Waals surface area contributed by atoms with Gasteiger partial charge in [0.2, 0.25) is 0 Å². The Bertz CT molecular complexity index is 887. The van der Waals surface area contributed by atoms with Gasteiger partial charge in [0.05, 0.1) is 0 Å². The summed E-state index contributed by atoms with van der Waals surface area (Å²) < 4.78 is 15.3. The van der Waals surface area contributed by atoms with Crippen molar-refractivity contribution in [2.24, 2.45) is 0 Å². The van der Waals surface area contributed by atoms with Crippen LogP contribution in [0.5, 0.6) is 0 Å². The van der Waals surface area contributed by atoms with Crippen molar-refractivity contribution >= 4 is 25.7 Å². The van der Waals surface area contributed by atoms with E-state index in [1.807, 2.05) is 0 Å². The standard InChI is InChI=1S/C17H15N2O7P/c20-14-17(12-7-3-1-4-8-12,13-9-5-2-6-10-13)15(21)19(16(22)18-14)11-26-27(23,24)25/h1-10H,11H2,(H,18,20,22)(H2,23,24,25). The van der Waals surface area contributed by atoms with E-state index in [-0.39, 0.29) is 0 Å². The number of hydrogen-bond donors (Lipinski definition) is 3. The summed E-state index contributed by atoms with van der Waals surface area (Å²) in [6, 6.07) is 15.0. The number of urea groups is 1. The number of imide groups is 2. The summed E-state index contributed by atoms with van der Waals surface area (Å²) >= 11 is 0. The van der Waals surface area contributed by atoms with Crippen LogP contribution in [0.1, 0.15) is 11.1 Å². The molecular formula is C17H15N2O7P. The summed E-state index contributed by atoms with van der Waals surface area (Å²) in [6.07, 6.45) is 0. The highest BCUT2D eigenvalue weighted by atomic mass is 31.2. The molecule has 2 aromatic carbocycles. The van der Waals surface area contributed by atoms with Gasteiger partial charge >= 0.3 is 13.9 Å². The first-order valence-corrected chi connectivity index (χ1v) is 9.28. The first-order chi connectivity index (χ1) is 12.8. The number of carbonyl (C=O) groups excluding carboxylic acids is 3. The Morgan fingerprint density at radius 1 is 0.926 bits per heavy atom. The molecule has 4 amide bonds. The van der Waals surface area contributed by atoms with E-state index >= 15 is 0 Å². The predicted octanol–water partition coefficient (Wildman–Crippen LogP) is 1.12. The van der Waals surface area contributed by atoms with E-state index in [4.69, 9.17) is 9.79 Å². The molecule has 1 fully saturated rings. The van der Waals surface area contributed by atoms with Crippen LogP contribution in [0.15, 0.2) is 60.7 Å². The first-order valence-electron chi connectivity index (χ1n) is 7.75. The maximum atomic E-state index is 13.3. The van der Waals surface area contributed by atoms with Gasteiger partial charge in [0, 0.05) is 0 Å². The molecule has 0 aliphatic carbocycles. The highest BCUT2D eigenvalue weighted by molar-refractivity contribution is 7.46. The number of benzene rings is 2. The van der Waals surface area contributed by atoms with Crippen LogP contribution < -0.4 is 5.32 Å². The van der Waals surface area contributed by atoms with Crippen molar-refractivity contribution in [3.63, 3.8) is 0 Å². The van der Waals surface area contributed by atoms with E-state index < -0.39 is 37.8 Å². The molecule has 0 bridgehead atoms. The lowest BCUT2D eigenvalue weighted by Crippen LogP contribution is -2.66. The van der Waals surface area contributed by atoms with Gasteiger partial charge in [-0.1, -0.05) is 60.7 Å². The zero-order chi connectivity index (χ0) is 19.7. The normalized spacial score (nSPS) is 17.0. The van der Waals surface area contributed by atoms with Crippen LogP contribution in [-0.4, -0.2) is 39.3 Å². The molecule has 1 heterocycles. The Balaban J connectivity index is 2.16. The second kappa shape index (κ2) is 7.05. The van der Waals surface area contributed by atoms with Crippen molar-refractivity contribution in [3.8, 4) is 0 Å². The van der Waals surface area contributed by atoms with Gasteiger partial charge in [-0.15, -0.1) is 0 Å². The molecule has 27 heavy (non-hydrogen) atoms. The highest BCUT2D eigenvalue weighted by Gasteiger charge is 2.56. The molecule has 0 unspecified atom stereocenters. The summed E-state index contributed by atoms with van der Waals surface area (Å²) in [7, 11) is -4.95. The van der Waals surface area contributed by atoms with Crippen LogP contribution in [0.3, 0.4) is 0 Å².